The van der Waals surface area contributed by atoms with Crippen LogP contribution in [0, 0.1) is 0 Å². The molecule has 1 saturated carbocycles. The van der Waals surface area contributed by atoms with Crippen LogP contribution in [0.5, 0.6) is 5.75 Å². The quantitative estimate of drug-likeness (QED) is 0.714. The van der Waals surface area contributed by atoms with Crippen molar-refractivity contribution in [3.8, 4) is 5.75 Å². The van der Waals surface area contributed by atoms with Gasteiger partial charge in [-0.3, -0.25) is 19.3 Å². The maximum absolute atomic E-state index is 13.7. The second kappa shape index (κ2) is 7.94. The summed E-state index contributed by atoms with van der Waals surface area (Å²) in [6.07, 6.45) is 5.57. The van der Waals surface area contributed by atoms with Crippen LogP contribution in [-0.4, -0.2) is 46.1 Å². The number of carbonyl (C=O) groups is 3. The van der Waals surface area contributed by atoms with E-state index in [-0.39, 0.29) is 5.57 Å². The summed E-state index contributed by atoms with van der Waals surface area (Å²) in [6.45, 7) is -0.650. The zero-order valence-electron chi connectivity index (χ0n) is 17.2. The highest BCUT2D eigenvalue weighted by atomic mass is 16.5. The number of anilines is 1. The molecule has 1 aromatic heterocycles. The molecular formula is C23H24N2O6. The molecule has 1 aliphatic heterocycles. The number of methoxy groups -OCH3 is 1. The number of aliphatic hydroxyl groups is 1. The first kappa shape index (κ1) is 20.7. The van der Waals surface area contributed by atoms with E-state index in [2.05, 4.69) is 0 Å². The molecule has 0 atom stereocenters. The molecule has 2 heterocycles. The number of carboxylic acid groups (broad SMARTS) is 1. The number of carboxylic acids is 1. The number of ether oxygens (including phenoxy) is 1. The van der Waals surface area contributed by atoms with Crippen molar-refractivity contribution in [1.29, 1.82) is 0 Å². The summed E-state index contributed by atoms with van der Waals surface area (Å²) in [4.78, 5) is 39.8. The number of aliphatic carboxylic acids is 1. The number of hydrogen-bond donors (Lipinski definition) is 2. The van der Waals surface area contributed by atoms with E-state index < -0.39 is 35.5 Å². The molecule has 0 saturated heterocycles. The number of aromatic nitrogens is 1. The molecule has 0 unspecified atom stereocenters. The van der Waals surface area contributed by atoms with Gasteiger partial charge >= 0.3 is 5.97 Å². The second-order valence-corrected chi connectivity index (χ2v) is 7.89. The van der Waals surface area contributed by atoms with E-state index in [0.29, 0.717) is 30.0 Å². The van der Waals surface area contributed by atoms with Crippen LogP contribution in [0.15, 0.2) is 48.2 Å². The normalized spacial score (nSPS) is 17.4. The minimum atomic E-state index is -1.23. The second-order valence-electron chi connectivity index (χ2n) is 7.89. The third-order valence-electron chi connectivity index (χ3n) is 6.16. The van der Waals surface area contributed by atoms with Crippen molar-refractivity contribution in [3.63, 3.8) is 0 Å². The number of benzene rings is 1. The molecule has 1 aromatic carbocycles. The van der Waals surface area contributed by atoms with Crippen LogP contribution in [0.3, 0.4) is 0 Å². The summed E-state index contributed by atoms with van der Waals surface area (Å²) >= 11 is 0. The predicted molar refractivity (Wildman–Crippen MR) is 113 cm³/mol. The van der Waals surface area contributed by atoms with Crippen molar-refractivity contribution in [3.05, 3.63) is 53.9 Å². The Kier molecular flexibility index (Phi) is 5.31. The van der Waals surface area contributed by atoms with Gasteiger partial charge in [0.2, 0.25) is 0 Å². The number of ketones is 1. The van der Waals surface area contributed by atoms with Crippen molar-refractivity contribution in [2.45, 2.75) is 37.6 Å². The Bertz CT molecular complexity index is 1060. The van der Waals surface area contributed by atoms with Gasteiger partial charge in [0, 0.05) is 11.9 Å². The first-order valence-corrected chi connectivity index (χ1v) is 10.2. The van der Waals surface area contributed by atoms with Crippen molar-refractivity contribution >= 4 is 29.1 Å². The Labute approximate surface area is 179 Å². The van der Waals surface area contributed by atoms with E-state index in [9.17, 15) is 24.6 Å². The Morgan fingerprint density at radius 2 is 1.81 bits per heavy atom. The van der Waals surface area contributed by atoms with Crippen molar-refractivity contribution < 1.29 is 29.3 Å². The average molecular weight is 424 g/mol. The van der Waals surface area contributed by atoms with Gasteiger partial charge in [0.05, 0.1) is 12.8 Å². The number of aliphatic hydroxyl groups excluding tert-OH is 1. The van der Waals surface area contributed by atoms with E-state index in [0.717, 1.165) is 24.2 Å². The fourth-order valence-electron chi connectivity index (χ4n) is 4.64. The van der Waals surface area contributed by atoms with Crippen LogP contribution in [0.4, 0.5) is 5.69 Å². The van der Waals surface area contributed by atoms with Crippen molar-refractivity contribution in [2.24, 2.45) is 0 Å². The number of carbonyl (C=O) groups excluding carboxylic acids is 2. The molecule has 1 aliphatic carbocycles. The van der Waals surface area contributed by atoms with Gasteiger partial charge in [-0.15, -0.1) is 0 Å². The lowest BCUT2D eigenvalue weighted by atomic mass is 9.73. The van der Waals surface area contributed by atoms with Gasteiger partial charge in [-0.05, 0) is 49.2 Å². The predicted octanol–water partition coefficient (Wildman–Crippen LogP) is 3.13. The minimum Gasteiger partial charge on any atom is -0.505 e. The molecule has 4 rings (SSSR count). The lowest BCUT2D eigenvalue weighted by molar-refractivity contribution is -0.137. The third-order valence-corrected chi connectivity index (χ3v) is 6.16. The topological polar surface area (TPSA) is 109 Å². The van der Waals surface area contributed by atoms with Gasteiger partial charge in [0.1, 0.15) is 23.4 Å². The number of rotatable bonds is 5. The lowest BCUT2D eigenvalue weighted by Gasteiger charge is -2.42. The molecule has 0 radical (unpaired) electrons. The maximum Gasteiger partial charge on any atom is 0.323 e. The lowest BCUT2D eigenvalue weighted by Crippen LogP contribution is -2.51. The van der Waals surface area contributed by atoms with E-state index in [1.54, 1.807) is 47.2 Å². The van der Waals surface area contributed by atoms with Crippen LogP contribution in [0.1, 0.15) is 37.8 Å². The summed E-state index contributed by atoms with van der Waals surface area (Å²) in [7, 11) is 1.50. The first-order valence-electron chi connectivity index (χ1n) is 10.2. The Morgan fingerprint density at radius 1 is 1.13 bits per heavy atom. The van der Waals surface area contributed by atoms with Gasteiger partial charge in [-0.2, -0.15) is 0 Å². The number of nitrogens with zero attached hydrogens (tertiary/aromatic N) is 2. The third kappa shape index (κ3) is 3.37. The minimum absolute atomic E-state index is 0.292. The summed E-state index contributed by atoms with van der Waals surface area (Å²) in [5, 5.41) is 20.3. The molecule has 31 heavy (non-hydrogen) atoms. The molecule has 162 valence electrons. The summed E-state index contributed by atoms with van der Waals surface area (Å²) in [5.74, 6) is -2.39. The highest BCUT2D eigenvalue weighted by Gasteiger charge is 2.50. The maximum atomic E-state index is 13.7. The Hall–Kier alpha value is -3.55. The smallest absolute Gasteiger partial charge is 0.323 e. The van der Waals surface area contributed by atoms with Crippen LogP contribution >= 0.6 is 0 Å². The van der Waals surface area contributed by atoms with Crippen LogP contribution in [-0.2, 0) is 19.9 Å². The molecule has 1 amide bonds. The largest absolute Gasteiger partial charge is 0.505 e. The van der Waals surface area contributed by atoms with E-state index in [1.165, 1.54) is 7.11 Å². The zero-order chi connectivity index (χ0) is 22.2. The number of fused-ring (bicyclic) bond motifs is 2. The fourth-order valence-corrected chi connectivity index (χ4v) is 4.64. The Morgan fingerprint density at radius 3 is 2.42 bits per heavy atom. The van der Waals surface area contributed by atoms with Gasteiger partial charge in [0.15, 0.2) is 11.5 Å². The zero-order valence-corrected chi connectivity index (χ0v) is 17.2. The standard InChI is InChI=1S/C23H24N2O6/c1-31-16-9-7-15(8-10-16)24(14-18(26)27)22(30)19-20(28)17-6-5-13-25(17)23(21(19)29)11-3-2-4-12-23/h5-10,13,28H,2-4,11-12,14H2,1H3,(H,26,27). The van der Waals surface area contributed by atoms with Crippen molar-refractivity contribution in [2.75, 3.05) is 18.6 Å². The van der Waals surface area contributed by atoms with Gasteiger partial charge < -0.3 is 19.5 Å². The van der Waals surface area contributed by atoms with E-state index >= 15 is 0 Å². The number of hydrogen-bond acceptors (Lipinski definition) is 5. The van der Waals surface area contributed by atoms with Gasteiger partial charge in [0.25, 0.3) is 5.91 Å². The van der Waals surface area contributed by atoms with Crippen LogP contribution < -0.4 is 9.64 Å². The van der Waals surface area contributed by atoms with Crippen molar-refractivity contribution in [1.82, 2.24) is 4.57 Å². The highest BCUT2D eigenvalue weighted by Crippen LogP contribution is 2.44. The summed E-state index contributed by atoms with van der Waals surface area (Å²) in [5.41, 5.74) is -0.594. The molecule has 2 N–H and O–H groups in total. The van der Waals surface area contributed by atoms with Crippen LogP contribution in [0.25, 0.3) is 5.76 Å². The summed E-state index contributed by atoms with van der Waals surface area (Å²) in [6, 6.07) is 9.69. The average Bonchev–Trinajstić information content (AvgIpc) is 3.28. The number of Topliss-reactive ketones (excluding diaryl/α,β-unsaturated/α-hetero) is 1. The molecule has 0 bridgehead atoms. The molecule has 8 heteroatoms. The molecule has 2 aliphatic rings. The molecule has 1 spiro atoms. The molecule has 8 nitrogen and oxygen atoms in total. The Balaban J connectivity index is 1.81. The first-order chi connectivity index (χ1) is 14.9. The highest BCUT2D eigenvalue weighted by molar-refractivity contribution is 6.31. The van der Waals surface area contributed by atoms with Gasteiger partial charge in [-0.1, -0.05) is 19.3 Å². The fraction of sp³-hybridized carbons (Fsp3) is 0.348. The SMILES string of the molecule is COc1ccc(N(CC(=O)O)C(=O)C2=C(O)c3cccn3C3(CCCCC3)C2=O)cc1. The number of amides is 1. The van der Waals surface area contributed by atoms with Gasteiger partial charge in [-0.25, -0.2) is 0 Å². The summed E-state index contributed by atoms with van der Waals surface area (Å²) < 4.78 is 6.89. The monoisotopic (exact) mass is 424 g/mol. The molecular weight excluding hydrogens is 400 g/mol. The molecule has 1 fully saturated rings. The van der Waals surface area contributed by atoms with E-state index in [1.807, 2.05) is 0 Å². The van der Waals surface area contributed by atoms with E-state index in [4.69, 9.17) is 4.74 Å². The molecule has 2 aromatic rings. The van der Waals surface area contributed by atoms with Crippen LogP contribution in [0.2, 0.25) is 0 Å².